The molecule has 1 aliphatic heterocycles. The monoisotopic (exact) mass is 447 g/mol. The van der Waals surface area contributed by atoms with Crippen LogP contribution in [0, 0.1) is 17.2 Å². The summed E-state index contributed by atoms with van der Waals surface area (Å²) >= 11 is 1.56. The predicted molar refractivity (Wildman–Crippen MR) is 125 cm³/mol. The molecule has 3 atom stereocenters. The maximum atomic E-state index is 12.8. The summed E-state index contributed by atoms with van der Waals surface area (Å²) in [5.74, 6) is -0.926. The van der Waals surface area contributed by atoms with Crippen molar-refractivity contribution in [1.29, 1.82) is 5.26 Å². The maximum absolute atomic E-state index is 12.8. The first kappa shape index (κ1) is 24.8. The van der Waals surface area contributed by atoms with E-state index in [9.17, 15) is 14.9 Å². The number of carbonyl (C=O) groups excluding carboxylic acids is 2. The van der Waals surface area contributed by atoms with E-state index in [1.54, 1.807) is 23.8 Å². The van der Waals surface area contributed by atoms with Crippen LogP contribution in [-0.2, 0) is 14.3 Å². The van der Waals surface area contributed by atoms with Gasteiger partial charge in [-0.15, -0.1) is 11.8 Å². The Balaban J connectivity index is 1.88. The largest absolute Gasteiger partial charge is 0.385 e. The zero-order valence-corrected chi connectivity index (χ0v) is 19.3. The number of anilines is 2. The molecule has 0 bridgehead atoms. The van der Waals surface area contributed by atoms with Gasteiger partial charge in [0.2, 0.25) is 11.8 Å². The third kappa shape index (κ3) is 7.33. The molecule has 170 valence electrons. The summed E-state index contributed by atoms with van der Waals surface area (Å²) in [4.78, 5) is 26.7. The van der Waals surface area contributed by atoms with E-state index in [0.29, 0.717) is 39.1 Å². The van der Waals surface area contributed by atoms with E-state index < -0.39 is 5.92 Å². The lowest BCUT2D eigenvalue weighted by molar-refractivity contribution is -0.131. The molecule has 2 rings (SSSR count). The number of nitriles is 1. The number of rotatable bonds is 13. The number of hydrogen-bond acceptors (Lipinski definition) is 7. The lowest BCUT2D eigenvalue weighted by atomic mass is 10.1. The van der Waals surface area contributed by atoms with E-state index in [-0.39, 0.29) is 22.4 Å². The average Bonchev–Trinajstić information content (AvgIpc) is 3.06. The van der Waals surface area contributed by atoms with Crippen LogP contribution in [-0.4, -0.2) is 67.2 Å². The molecule has 1 heterocycles. The third-order valence-electron chi connectivity index (χ3n) is 5.06. The highest BCUT2D eigenvalue weighted by atomic mass is 32.2. The fourth-order valence-corrected chi connectivity index (χ4v) is 5.07. The van der Waals surface area contributed by atoms with Gasteiger partial charge >= 0.3 is 0 Å². The van der Waals surface area contributed by atoms with Crippen molar-refractivity contribution in [3.63, 3.8) is 0 Å². The molecule has 3 N–H and O–H groups in total. The fraction of sp³-hybridized carbons (Fsp3) is 0.591. The Morgan fingerprint density at radius 1 is 1.29 bits per heavy atom. The van der Waals surface area contributed by atoms with Crippen molar-refractivity contribution in [2.75, 3.05) is 50.5 Å². The Hall–Kier alpha value is -2.44. The lowest BCUT2D eigenvalue weighted by Crippen LogP contribution is -2.38. The molecule has 0 aromatic heterocycles. The van der Waals surface area contributed by atoms with Crippen LogP contribution in [0.2, 0.25) is 0 Å². The number of amides is 2. The van der Waals surface area contributed by atoms with E-state index in [2.05, 4.69) is 22.0 Å². The highest BCUT2D eigenvalue weighted by Gasteiger charge is 2.40. The van der Waals surface area contributed by atoms with Crippen molar-refractivity contribution in [2.24, 2.45) is 5.92 Å². The van der Waals surface area contributed by atoms with Gasteiger partial charge in [0.05, 0.1) is 23.3 Å². The van der Waals surface area contributed by atoms with E-state index in [1.807, 2.05) is 38.1 Å². The second-order valence-corrected chi connectivity index (χ2v) is 8.62. The van der Waals surface area contributed by atoms with Crippen molar-refractivity contribution >= 4 is 35.0 Å². The lowest BCUT2D eigenvalue weighted by Gasteiger charge is -2.23. The number of nitrogens with zero attached hydrogens (tertiary/aromatic N) is 2. The molecule has 2 amide bonds. The summed E-state index contributed by atoms with van der Waals surface area (Å²) < 4.78 is 5.05. The van der Waals surface area contributed by atoms with Gasteiger partial charge in [-0.2, -0.15) is 5.26 Å². The van der Waals surface area contributed by atoms with Gasteiger partial charge in [0, 0.05) is 51.1 Å². The molecule has 0 saturated carbocycles. The minimum absolute atomic E-state index is 0.0851. The van der Waals surface area contributed by atoms with Gasteiger partial charge in [-0.1, -0.05) is 6.07 Å². The van der Waals surface area contributed by atoms with E-state index in [1.165, 1.54) is 0 Å². The topological polar surface area (TPSA) is 106 Å². The SMILES string of the molecule is CCNC(=O)C(C#N)CC1SC(CCNc2cccc(NCCOC)c2)C(=O)N1CC. The molecular weight excluding hydrogens is 414 g/mol. The molecule has 1 aliphatic rings. The van der Waals surface area contributed by atoms with E-state index in [0.717, 1.165) is 17.9 Å². The molecule has 9 heteroatoms. The Bertz CT molecular complexity index is 770. The van der Waals surface area contributed by atoms with Gasteiger partial charge in [-0.25, -0.2) is 0 Å². The summed E-state index contributed by atoms with van der Waals surface area (Å²) in [6.07, 6.45) is 1.03. The Labute approximate surface area is 189 Å². The molecule has 1 aromatic carbocycles. The molecule has 1 fully saturated rings. The Kier molecular flexibility index (Phi) is 10.5. The number of ether oxygens (including phenoxy) is 1. The second kappa shape index (κ2) is 13.1. The average molecular weight is 448 g/mol. The summed E-state index contributed by atoms with van der Waals surface area (Å²) in [5, 5.41) is 18.4. The van der Waals surface area contributed by atoms with Gasteiger partial charge in [0.25, 0.3) is 0 Å². The van der Waals surface area contributed by atoms with E-state index >= 15 is 0 Å². The molecule has 8 nitrogen and oxygen atoms in total. The molecular formula is C22H33N5O3S. The molecule has 0 aliphatic carbocycles. The van der Waals surface area contributed by atoms with Crippen LogP contribution in [0.25, 0.3) is 0 Å². The van der Waals surface area contributed by atoms with Gasteiger partial charge in [-0.05, 0) is 38.5 Å². The number of nitrogens with one attached hydrogen (secondary N) is 3. The van der Waals surface area contributed by atoms with Crippen LogP contribution < -0.4 is 16.0 Å². The van der Waals surface area contributed by atoms with Crippen molar-refractivity contribution in [3.8, 4) is 6.07 Å². The number of hydrogen-bond donors (Lipinski definition) is 3. The number of thioether (sulfide) groups is 1. The first-order valence-corrected chi connectivity index (χ1v) is 11.7. The van der Waals surface area contributed by atoms with E-state index in [4.69, 9.17) is 4.74 Å². The summed E-state index contributed by atoms with van der Waals surface area (Å²) in [7, 11) is 1.67. The smallest absolute Gasteiger partial charge is 0.237 e. The number of carbonyl (C=O) groups is 2. The maximum Gasteiger partial charge on any atom is 0.237 e. The molecule has 0 radical (unpaired) electrons. The summed E-state index contributed by atoms with van der Waals surface area (Å²) in [6.45, 7) is 6.86. The zero-order valence-electron chi connectivity index (χ0n) is 18.5. The normalized spacial score (nSPS) is 19.0. The van der Waals surface area contributed by atoms with Crippen LogP contribution in [0.5, 0.6) is 0 Å². The highest BCUT2D eigenvalue weighted by molar-refractivity contribution is 8.01. The second-order valence-electron chi connectivity index (χ2n) is 7.23. The van der Waals surface area contributed by atoms with Crippen LogP contribution in [0.15, 0.2) is 24.3 Å². The molecule has 0 spiro atoms. The van der Waals surface area contributed by atoms with Gasteiger partial charge < -0.3 is 25.6 Å². The molecule has 31 heavy (non-hydrogen) atoms. The fourth-order valence-electron chi connectivity index (χ4n) is 3.48. The molecule has 3 unspecified atom stereocenters. The van der Waals surface area contributed by atoms with Crippen molar-refractivity contribution in [1.82, 2.24) is 10.2 Å². The first-order chi connectivity index (χ1) is 15.0. The van der Waals surface area contributed by atoms with Gasteiger partial charge in [-0.3, -0.25) is 9.59 Å². The van der Waals surface area contributed by atoms with Crippen LogP contribution in [0.4, 0.5) is 11.4 Å². The number of methoxy groups -OCH3 is 1. The zero-order chi connectivity index (χ0) is 22.6. The van der Waals surface area contributed by atoms with Crippen molar-refractivity contribution in [2.45, 2.75) is 37.3 Å². The van der Waals surface area contributed by atoms with Crippen LogP contribution >= 0.6 is 11.8 Å². The number of benzene rings is 1. The summed E-state index contributed by atoms with van der Waals surface area (Å²) in [6, 6.07) is 10.1. The Morgan fingerprint density at radius 2 is 2.00 bits per heavy atom. The highest BCUT2D eigenvalue weighted by Crippen LogP contribution is 2.36. The molecule has 1 saturated heterocycles. The van der Waals surface area contributed by atoms with Gasteiger partial charge in [0.15, 0.2) is 0 Å². The van der Waals surface area contributed by atoms with Gasteiger partial charge in [0.1, 0.15) is 5.92 Å². The quantitative estimate of drug-likeness (QED) is 0.399. The minimum atomic E-state index is -0.746. The summed E-state index contributed by atoms with van der Waals surface area (Å²) in [5.41, 5.74) is 2.00. The van der Waals surface area contributed by atoms with Crippen molar-refractivity contribution < 1.29 is 14.3 Å². The van der Waals surface area contributed by atoms with Crippen LogP contribution in [0.1, 0.15) is 26.7 Å². The first-order valence-electron chi connectivity index (χ1n) is 10.7. The Morgan fingerprint density at radius 3 is 2.61 bits per heavy atom. The molecule has 1 aromatic rings. The van der Waals surface area contributed by atoms with Crippen molar-refractivity contribution in [3.05, 3.63) is 24.3 Å². The van der Waals surface area contributed by atoms with Crippen LogP contribution in [0.3, 0.4) is 0 Å². The third-order valence-corrected chi connectivity index (χ3v) is 6.59. The standard InChI is InChI=1S/C22H33N5O3S/c1-4-24-21(28)16(15-23)13-20-27(5-2)22(29)19(31-20)9-10-25-17-7-6-8-18(14-17)26-11-12-30-3/h6-8,14,16,19-20,25-26H,4-5,9-13H2,1-3H3,(H,24,28). The predicted octanol–water partition coefficient (Wildman–Crippen LogP) is 2.50. The minimum Gasteiger partial charge on any atom is -0.385 e.